The molecule has 0 bridgehead atoms. The molecule has 0 heterocycles. The fourth-order valence-electron chi connectivity index (χ4n) is 3.70. The van der Waals surface area contributed by atoms with Crippen LogP contribution in [0, 0.1) is 0 Å². The smallest absolute Gasteiger partial charge is 0.550 e. The van der Waals surface area contributed by atoms with Gasteiger partial charge in [0.15, 0.2) is 0 Å². The Morgan fingerprint density at radius 1 is 0.481 bits per heavy atom. The van der Waals surface area contributed by atoms with E-state index in [0.717, 1.165) is 12.8 Å². The van der Waals surface area contributed by atoms with Crippen LogP contribution in [0.25, 0.3) is 0 Å². The molecule has 0 aliphatic rings. The van der Waals surface area contributed by atoms with Gasteiger partial charge < -0.3 is 9.90 Å². The quantitative estimate of drug-likeness (QED) is 0.198. The minimum Gasteiger partial charge on any atom is -0.550 e. The van der Waals surface area contributed by atoms with E-state index < -0.39 is 5.97 Å². The van der Waals surface area contributed by atoms with Crippen LogP contribution in [0.3, 0.4) is 0 Å². The molecular formula is C24H47KO2. The molecule has 0 saturated heterocycles. The first kappa shape index (κ1) is 30.3. The Labute approximate surface area is 213 Å². The molecule has 3 heteroatoms. The second-order valence-electron chi connectivity index (χ2n) is 8.19. The number of unbranched alkanes of at least 4 members (excludes halogenated alkanes) is 20. The van der Waals surface area contributed by atoms with E-state index in [4.69, 9.17) is 0 Å². The van der Waals surface area contributed by atoms with Crippen molar-refractivity contribution in [2.75, 3.05) is 0 Å². The number of carbonyl (C=O) groups excluding carboxylic acids is 1. The van der Waals surface area contributed by atoms with Crippen molar-refractivity contribution in [3.63, 3.8) is 0 Å². The molecule has 0 saturated carbocycles. The summed E-state index contributed by atoms with van der Waals surface area (Å²) in [4.78, 5) is 10.3. The number of hydrogen-bond acceptors (Lipinski definition) is 2. The van der Waals surface area contributed by atoms with Crippen molar-refractivity contribution < 1.29 is 61.3 Å². The average molecular weight is 407 g/mol. The molecule has 0 unspecified atom stereocenters. The third-order valence-electron chi connectivity index (χ3n) is 5.48. The van der Waals surface area contributed by atoms with E-state index in [2.05, 4.69) is 6.92 Å². The zero-order valence-electron chi connectivity index (χ0n) is 18.9. The van der Waals surface area contributed by atoms with Gasteiger partial charge in [-0.05, 0) is 12.8 Å². The Hall–Kier alpha value is 1.11. The van der Waals surface area contributed by atoms with Gasteiger partial charge in [-0.2, -0.15) is 0 Å². The van der Waals surface area contributed by atoms with Crippen molar-refractivity contribution in [3.05, 3.63) is 0 Å². The standard InChI is InChI=1S/C24H48O2.K/c1-2-3-4-5-6-7-8-9-10-11-12-13-14-15-16-17-18-19-20-21-22-23-24(25)26;/h2-23H2,1H3,(H,25,26);/q;+1/p-1. The van der Waals surface area contributed by atoms with Crippen molar-refractivity contribution in [3.8, 4) is 0 Å². The van der Waals surface area contributed by atoms with Crippen LogP contribution in [0.2, 0.25) is 0 Å². The molecular weight excluding hydrogens is 359 g/mol. The van der Waals surface area contributed by atoms with Crippen LogP contribution in [0.15, 0.2) is 0 Å². The van der Waals surface area contributed by atoms with Gasteiger partial charge in [0.1, 0.15) is 0 Å². The molecule has 0 N–H and O–H groups in total. The maximum Gasteiger partial charge on any atom is 1.00 e. The van der Waals surface area contributed by atoms with Gasteiger partial charge in [0.2, 0.25) is 0 Å². The van der Waals surface area contributed by atoms with Gasteiger partial charge in [-0.1, -0.05) is 135 Å². The van der Waals surface area contributed by atoms with Crippen LogP contribution < -0.4 is 56.5 Å². The van der Waals surface area contributed by atoms with Crippen LogP contribution in [0.1, 0.15) is 148 Å². The number of carboxylic acid groups (broad SMARTS) is 1. The third-order valence-corrected chi connectivity index (χ3v) is 5.48. The Morgan fingerprint density at radius 2 is 0.704 bits per heavy atom. The van der Waals surface area contributed by atoms with Gasteiger partial charge in [0, 0.05) is 5.97 Å². The van der Waals surface area contributed by atoms with Gasteiger partial charge >= 0.3 is 51.4 Å². The zero-order chi connectivity index (χ0) is 19.1. The second kappa shape index (κ2) is 27.1. The van der Waals surface area contributed by atoms with Crippen LogP contribution in [0.5, 0.6) is 0 Å². The summed E-state index contributed by atoms with van der Waals surface area (Å²) in [5.74, 6) is -0.900. The van der Waals surface area contributed by atoms with Crippen molar-refractivity contribution in [1.82, 2.24) is 0 Å². The van der Waals surface area contributed by atoms with E-state index in [1.165, 1.54) is 122 Å². The SMILES string of the molecule is CCCCCCCCCCCCCCCCCCCCCCCC(=O)[O-].[K+]. The average Bonchev–Trinajstić information content (AvgIpc) is 2.62. The molecule has 2 nitrogen and oxygen atoms in total. The molecule has 0 fully saturated rings. The Morgan fingerprint density at radius 3 is 0.926 bits per heavy atom. The third kappa shape index (κ3) is 29.4. The van der Waals surface area contributed by atoms with E-state index in [0.29, 0.717) is 0 Å². The number of hydrogen-bond donors (Lipinski definition) is 0. The summed E-state index contributed by atoms with van der Waals surface area (Å²) >= 11 is 0. The summed E-state index contributed by atoms with van der Waals surface area (Å²) < 4.78 is 0. The molecule has 0 aromatic rings. The van der Waals surface area contributed by atoms with E-state index >= 15 is 0 Å². The monoisotopic (exact) mass is 406 g/mol. The normalized spacial score (nSPS) is 10.7. The first-order valence-corrected chi connectivity index (χ1v) is 12.0. The Balaban J connectivity index is 0. The molecule has 27 heavy (non-hydrogen) atoms. The maximum atomic E-state index is 10.3. The molecule has 0 aromatic carbocycles. The first-order valence-electron chi connectivity index (χ1n) is 12.0. The Kier molecular flexibility index (Phi) is 30.4. The molecule has 0 aliphatic heterocycles. The second-order valence-corrected chi connectivity index (χ2v) is 8.19. The summed E-state index contributed by atoms with van der Waals surface area (Å²) in [7, 11) is 0. The van der Waals surface area contributed by atoms with Crippen LogP contribution in [-0.2, 0) is 4.79 Å². The minimum atomic E-state index is -0.900. The molecule has 0 atom stereocenters. The van der Waals surface area contributed by atoms with E-state index in [9.17, 15) is 9.90 Å². The maximum absolute atomic E-state index is 10.3. The van der Waals surface area contributed by atoms with Gasteiger partial charge in [0.25, 0.3) is 0 Å². The number of carbonyl (C=O) groups is 1. The van der Waals surface area contributed by atoms with Crippen LogP contribution in [-0.4, -0.2) is 5.97 Å². The molecule has 0 aliphatic carbocycles. The number of rotatable bonds is 22. The largest absolute Gasteiger partial charge is 1.00 e. The van der Waals surface area contributed by atoms with Gasteiger partial charge in [-0.25, -0.2) is 0 Å². The van der Waals surface area contributed by atoms with Crippen molar-refractivity contribution in [2.24, 2.45) is 0 Å². The zero-order valence-corrected chi connectivity index (χ0v) is 22.0. The summed E-state index contributed by atoms with van der Waals surface area (Å²) in [6.07, 6.45) is 28.7. The van der Waals surface area contributed by atoms with Gasteiger partial charge in [-0.15, -0.1) is 0 Å². The summed E-state index contributed by atoms with van der Waals surface area (Å²) in [6, 6.07) is 0. The predicted octanol–water partition coefficient (Wildman–Crippen LogP) is 4.34. The summed E-state index contributed by atoms with van der Waals surface area (Å²) in [6.45, 7) is 2.29. The van der Waals surface area contributed by atoms with E-state index in [1.807, 2.05) is 0 Å². The van der Waals surface area contributed by atoms with Crippen molar-refractivity contribution >= 4 is 5.97 Å². The summed E-state index contributed by atoms with van der Waals surface area (Å²) in [5, 5.41) is 10.3. The van der Waals surface area contributed by atoms with Crippen LogP contribution in [0.4, 0.5) is 0 Å². The topological polar surface area (TPSA) is 40.1 Å². The van der Waals surface area contributed by atoms with Crippen molar-refractivity contribution in [1.29, 1.82) is 0 Å². The molecule has 0 spiro atoms. The van der Waals surface area contributed by atoms with E-state index in [-0.39, 0.29) is 57.8 Å². The number of carboxylic acids is 1. The molecule has 0 radical (unpaired) electrons. The number of aliphatic carboxylic acids is 1. The molecule has 0 amide bonds. The fourth-order valence-corrected chi connectivity index (χ4v) is 3.70. The van der Waals surface area contributed by atoms with Crippen LogP contribution >= 0.6 is 0 Å². The Bertz CT molecular complexity index is 282. The molecule has 156 valence electrons. The molecule has 0 rings (SSSR count). The minimum absolute atomic E-state index is 0. The summed E-state index contributed by atoms with van der Waals surface area (Å²) in [5.41, 5.74) is 0. The van der Waals surface area contributed by atoms with Gasteiger partial charge in [0.05, 0.1) is 0 Å². The van der Waals surface area contributed by atoms with Gasteiger partial charge in [-0.3, -0.25) is 0 Å². The van der Waals surface area contributed by atoms with Crippen molar-refractivity contribution in [2.45, 2.75) is 148 Å². The first-order chi connectivity index (χ1) is 12.8. The predicted molar refractivity (Wildman–Crippen MR) is 112 cm³/mol. The van der Waals surface area contributed by atoms with E-state index in [1.54, 1.807) is 0 Å². The molecule has 0 aromatic heterocycles. The fraction of sp³-hybridized carbons (Fsp3) is 0.958.